The minimum atomic E-state index is -1.28. The van der Waals surface area contributed by atoms with Gasteiger partial charge in [0.2, 0.25) is 0 Å². The minimum absolute atomic E-state index is 0.0407. The molecule has 0 fully saturated rings. The monoisotopic (exact) mass is 303 g/mol. The standard InChI is InChI=1S/C14H16F3NO3/c1-8(2)18(5-3-4-12(19)20)14(21)13-10(16)6-9(15)7-11(13)17/h6-8H,3-5H2,1-2H3,(H,19,20). The number of amides is 1. The van der Waals surface area contributed by atoms with Gasteiger partial charge in [0.15, 0.2) is 0 Å². The number of carboxylic acids is 1. The third-order valence-corrected chi connectivity index (χ3v) is 2.89. The Morgan fingerprint density at radius 3 is 2.14 bits per heavy atom. The summed E-state index contributed by atoms with van der Waals surface area (Å²) in [7, 11) is 0. The van der Waals surface area contributed by atoms with Gasteiger partial charge < -0.3 is 10.0 Å². The van der Waals surface area contributed by atoms with Crippen LogP contribution in [0.3, 0.4) is 0 Å². The largest absolute Gasteiger partial charge is 0.481 e. The van der Waals surface area contributed by atoms with Crippen LogP contribution >= 0.6 is 0 Å². The molecule has 1 N–H and O–H groups in total. The van der Waals surface area contributed by atoms with Crippen LogP contribution in [-0.2, 0) is 4.79 Å². The molecule has 0 aliphatic rings. The average Bonchev–Trinajstić information content (AvgIpc) is 2.32. The van der Waals surface area contributed by atoms with Gasteiger partial charge in [-0.1, -0.05) is 0 Å². The van der Waals surface area contributed by atoms with Crippen LogP contribution in [0.15, 0.2) is 12.1 Å². The maximum Gasteiger partial charge on any atom is 0.303 e. The summed E-state index contributed by atoms with van der Waals surface area (Å²) < 4.78 is 40.1. The molecule has 21 heavy (non-hydrogen) atoms. The molecule has 0 unspecified atom stereocenters. The van der Waals surface area contributed by atoms with Gasteiger partial charge >= 0.3 is 5.97 Å². The molecule has 1 aromatic rings. The van der Waals surface area contributed by atoms with Crippen LogP contribution in [0.1, 0.15) is 37.0 Å². The van der Waals surface area contributed by atoms with Crippen molar-refractivity contribution in [3.05, 3.63) is 35.1 Å². The van der Waals surface area contributed by atoms with E-state index in [-0.39, 0.29) is 25.4 Å². The van der Waals surface area contributed by atoms with Crippen LogP contribution in [-0.4, -0.2) is 34.5 Å². The second-order valence-corrected chi connectivity index (χ2v) is 4.83. The van der Waals surface area contributed by atoms with Crippen LogP contribution in [0.4, 0.5) is 13.2 Å². The summed E-state index contributed by atoms with van der Waals surface area (Å²) in [5.74, 6) is -5.61. The van der Waals surface area contributed by atoms with E-state index in [1.54, 1.807) is 13.8 Å². The molecule has 0 bridgehead atoms. The summed E-state index contributed by atoms with van der Waals surface area (Å²) in [5, 5.41) is 8.57. The lowest BCUT2D eigenvalue weighted by Gasteiger charge is -2.27. The number of rotatable bonds is 6. The van der Waals surface area contributed by atoms with Gasteiger partial charge in [-0.25, -0.2) is 13.2 Å². The van der Waals surface area contributed by atoms with E-state index in [2.05, 4.69) is 0 Å². The van der Waals surface area contributed by atoms with Gasteiger partial charge in [-0.2, -0.15) is 0 Å². The highest BCUT2D eigenvalue weighted by Crippen LogP contribution is 2.18. The van der Waals surface area contributed by atoms with Crippen molar-refractivity contribution in [2.45, 2.75) is 32.7 Å². The Hall–Kier alpha value is -2.05. The van der Waals surface area contributed by atoms with Gasteiger partial charge in [-0.05, 0) is 20.3 Å². The second-order valence-electron chi connectivity index (χ2n) is 4.83. The SMILES string of the molecule is CC(C)N(CCCC(=O)O)C(=O)c1c(F)cc(F)cc1F. The number of hydrogen-bond acceptors (Lipinski definition) is 2. The molecule has 0 atom stereocenters. The van der Waals surface area contributed by atoms with Gasteiger partial charge in [0.25, 0.3) is 5.91 Å². The fourth-order valence-electron chi connectivity index (χ4n) is 1.88. The van der Waals surface area contributed by atoms with E-state index in [4.69, 9.17) is 5.11 Å². The minimum Gasteiger partial charge on any atom is -0.481 e. The number of benzene rings is 1. The molecule has 0 aliphatic carbocycles. The molecule has 1 amide bonds. The third kappa shape index (κ3) is 4.47. The number of halogens is 3. The topological polar surface area (TPSA) is 57.6 Å². The van der Waals surface area contributed by atoms with Crippen LogP contribution in [0, 0.1) is 17.5 Å². The van der Waals surface area contributed by atoms with E-state index in [9.17, 15) is 22.8 Å². The van der Waals surface area contributed by atoms with Crippen LogP contribution < -0.4 is 0 Å². The first-order valence-electron chi connectivity index (χ1n) is 6.41. The van der Waals surface area contributed by atoms with Gasteiger partial charge in [0, 0.05) is 31.1 Å². The number of hydrogen-bond donors (Lipinski definition) is 1. The number of carboxylic acid groups (broad SMARTS) is 1. The summed E-state index contributed by atoms with van der Waals surface area (Å²) in [6, 6.07) is 0.494. The zero-order valence-electron chi connectivity index (χ0n) is 11.7. The Morgan fingerprint density at radius 1 is 1.19 bits per heavy atom. The van der Waals surface area contributed by atoms with Crippen molar-refractivity contribution in [3.8, 4) is 0 Å². The normalized spacial score (nSPS) is 10.8. The highest BCUT2D eigenvalue weighted by molar-refractivity contribution is 5.95. The summed E-state index contributed by atoms with van der Waals surface area (Å²) >= 11 is 0. The number of nitrogens with zero attached hydrogens (tertiary/aromatic N) is 1. The Morgan fingerprint density at radius 2 is 1.71 bits per heavy atom. The van der Waals surface area contributed by atoms with E-state index in [1.165, 1.54) is 0 Å². The van der Waals surface area contributed by atoms with Gasteiger partial charge in [0.1, 0.15) is 23.0 Å². The zero-order valence-corrected chi connectivity index (χ0v) is 11.7. The van der Waals surface area contributed by atoms with Crippen molar-refractivity contribution in [2.24, 2.45) is 0 Å². The van der Waals surface area contributed by atoms with Crippen molar-refractivity contribution in [1.29, 1.82) is 0 Å². The van der Waals surface area contributed by atoms with E-state index in [1.807, 2.05) is 0 Å². The quantitative estimate of drug-likeness (QED) is 0.879. The van der Waals surface area contributed by atoms with Crippen LogP contribution in [0.2, 0.25) is 0 Å². The highest BCUT2D eigenvalue weighted by Gasteiger charge is 2.25. The summed E-state index contributed by atoms with van der Waals surface area (Å²) in [5.41, 5.74) is -0.833. The van der Waals surface area contributed by atoms with Gasteiger partial charge in [0.05, 0.1) is 0 Å². The van der Waals surface area contributed by atoms with E-state index in [0.29, 0.717) is 12.1 Å². The molecule has 1 aromatic carbocycles. The highest BCUT2D eigenvalue weighted by atomic mass is 19.1. The smallest absolute Gasteiger partial charge is 0.303 e. The predicted molar refractivity (Wildman–Crippen MR) is 69.4 cm³/mol. The van der Waals surface area contributed by atoms with Crippen LogP contribution in [0.25, 0.3) is 0 Å². The van der Waals surface area contributed by atoms with E-state index < -0.39 is 34.9 Å². The molecule has 0 saturated carbocycles. The molecule has 0 aromatic heterocycles. The first-order valence-corrected chi connectivity index (χ1v) is 6.41. The molecule has 1 rings (SSSR count). The number of aliphatic carboxylic acids is 1. The van der Waals surface area contributed by atoms with Crippen molar-refractivity contribution in [2.75, 3.05) is 6.54 Å². The summed E-state index contributed by atoms with van der Waals surface area (Å²) in [6.07, 6.45) is -0.00539. The molecule has 0 spiro atoms. The average molecular weight is 303 g/mol. The molecule has 0 saturated heterocycles. The molecule has 0 aliphatic heterocycles. The van der Waals surface area contributed by atoms with Crippen molar-refractivity contribution >= 4 is 11.9 Å². The molecule has 4 nitrogen and oxygen atoms in total. The first-order chi connectivity index (χ1) is 9.73. The van der Waals surface area contributed by atoms with Crippen molar-refractivity contribution < 1.29 is 27.9 Å². The molecular formula is C14H16F3NO3. The molecule has 0 radical (unpaired) electrons. The predicted octanol–water partition coefficient (Wildman–Crippen LogP) is 2.82. The van der Waals surface area contributed by atoms with Crippen molar-refractivity contribution in [3.63, 3.8) is 0 Å². The second kappa shape index (κ2) is 7.10. The number of carbonyl (C=O) groups is 2. The van der Waals surface area contributed by atoms with Gasteiger partial charge in [-0.3, -0.25) is 9.59 Å². The summed E-state index contributed by atoms with van der Waals surface area (Å²) in [6.45, 7) is 3.31. The fourth-order valence-corrected chi connectivity index (χ4v) is 1.88. The summed E-state index contributed by atoms with van der Waals surface area (Å²) in [4.78, 5) is 23.8. The van der Waals surface area contributed by atoms with Crippen molar-refractivity contribution in [1.82, 2.24) is 4.90 Å². The molecule has 0 heterocycles. The van der Waals surface area contributed by atoms with E-state index in [0.717, 1.165) is 4.90 Å². The maximum absolute atomic E-state index is 13.6. The lowest BCUT2D eigenvalue weighted by molar-refractivity contribution is -0.137. The Labute approximate surface area is 120 Å². The fraction of sp³-hybridized carbons (Fsp3) is 0.429. The zero-order chi connectivity index (χ0) is 16.2. The lowest BCUT2D eigenvalue weighted by Crippen LogP contribution is -2.38. The lowest BCUT2D eigenvalue weighted by atomic mass is 10.1. The maximum atomic E-state index is 13.6. The number of carbonyl (C=O) groups excluding carboxylic acids is 1. The third-order valence-electron chi connectivity index (χ3n) is 2.89. The van der Waals surface area contributed by atoms with Gasteiger partial charge in [-0.15, -0.1) is 0 Å². The molecular weight excluding hydrogens is 287 g/mol. The first kappa shape index (κ1) is 17.0. The molecule has 116 valence electrons. The Kier molecular flexibility index (Phi) is 5.75. The van der Waals surface area contributed by atoms with E-state index >= 15 is 0 Å². The Balaban J connectivity index is 2.99. The molecule has 7 heteroatoms. The Bertz CT molecular complexity index is 523. The van der Waals surface area contributed by atoms with Crippen LogP contribution in [0.5, 0.6) is 0 Å².